The number of halogens is 1. The van der Waals surface area contributed by atoms with Gasteiger partial charge in [-0.05, 0) is 25.7 Å². The van der Waals surface area contributed by atoms with Crippen molar-refractivity contribution in [3.8, 4) is 0 Å². The van der Waals surface area contributed by atoms with Gasteiger partial charge in [-0.25, -0.2) is 0 Å². The summed E-state index contributed by atoms with van der Waals surface area (Å²) in [6.45, 7) is 6.03. The van der Waals surface area contributed by atoms with Crippen LogP contribution in [0.15, 0.2) is 4.99 Å². The van der Waals surface area contributed by atoms with E-state index in [-0.39, 0.29) is 29.4 Å². The van der Waals surface area contributed by atoms with Crippen molar-refractivity contribution in [2.24, 2.45) is 16.3 Å². The van der Waals surface area contributed by atoms with Crippen LogP contribution < -0.4 is 10.6 Å². The number of nitrogens with one attached hydrogen (secondary N) is 2. The average Bonchev–Trinajstić information content (AvgIpc) is 2.94. The molecule has 1 saturated heterocycles. The third-order valence-electron chi connectivity index (χ3n) is 5.97. The first-order chi connectivity index (χ1) is 10.5. The van der Waals surface area contributed by atoms with Gasteiger partial charge in [-0.1, -0.05) is 26.7 Å². The summed E-state index contributed by atoms with van der Waals surface area (Å²) in [7, 11) is 1.80. The zero-order valence-electron chi connectivity index (χ0n) is 14.6. The molecule has 3 rings (SSSR count). The minimum Gasteiger partial charge on any atom is -0.388 e. The van der Waals surface area contributed by atoms with Crippen LogP contribution in [0.3, 0.4) is 0 Å². The Bertz CT molecular complexity index is 436. The predicted octanol–water partition coefficient (Wildman–Crippen LogP) is 2.28. The van der Waals surface area contributed by atoms with Gasteiger partial charge in [0.25, 0.3) is 0 Å². The van der Waals surface area contributed by atoms with Crippen LogP contribution in [-0.4, -0.2) is 49.0 Å². The monoisotopic (exact) mass is 437 g/mol. The largest absolute Gasteiger partial charge is 0.388 e. The Morgan fingerprint density at radius 2 is 1.96 bits per heavy atom. The van der Waals surface area contributed by atoms with Crippen molar-refractivity contribution >= 4 is 29.9 Å². The van der Waals surface area contributed by atoms with Crippen LogP contribution in [0.5, 0.6) is 0 Å². The summed E-state index contributed by atoms with van der Waals surface area (Å²) in [6.07, 6.45) is 6.79. The fraction of sp³-hybridized carbons (Fsp3) is 0.941. The van der Waals surface area contributed by atoms with Gasteiger partial charge in [0.1, 0.15) is 0 Å². The lowest BCUT2D eigenvalue weighted by Crippen LogP contribution is -2.71. The average molecular weight is 437 g/mol. The number of hydrogen-bond donors (Lipinski definition) is 3. The number of guanidine groups is 1. The number of fused-ring (bicyclic) bond motifs is 1. The van der Waals surface area contributed by atoms with E-state index < -0.39 is 5.60 Å². The highest BCUT2D eigenvalue weighted by Crippen LogP contribution is 2.51. The van der Waals surface area contributed by atoms with Gasteiger partial charge >= 0.3 is 0 Å². The summed E-state index contributed by atoms with van der Waals surface area (Å²) in [5.74, 6) is 1.39. The normalized spacial score (nSPS) is 34.8. The number of aliphatic imine (C=N–C) groups is 1. The quantitative estimate of drug-likeness (QED) is 0.360. The van der Waals surface area contributed by atoms with Crippen molar-refractivity contribution in [1.82, 2.24) is 10.6 Å². The summed E-state index contributed by atoms with van der Waals surface area (Å²) in [5.41, 5.74) is -0.420. The molecule has 2 saturated carbocycles. The van der Waals surface area contributed by atoms with E-state index in [1.54, 1.807) is 7.05 Å². The summed E-state index contributed by atoms with van der Waals surface area (Å²) < 4.78 is 5.95. The van der Waals surface area contributed by atoms with Crippen LogP contribution in [0, 0.1) is 11.3 Å². The summed E-state index contributed by atoms with van der Waals surface area (Å²) >= 11 is 0. The number of rotatable bonds is 3. The van der Waals surface area contributed by atoms with E-state index >= 15 is 0 Å². The third kappa shape index (κ3) is 3.79. The maximum atomic E-state index is 10.5. The minimum atomic E-state index is -0.552. The van der Waals surface area contributed by atoms with Crippen molar-refractivity contribution in [1.29, 1.82) is 0 Å². The van der Waals surface area contributed by atoms with Crippen LogP contribution in [0.2, 0.25) is 0 Å². The second-order valence-corrected chi connectivity index (χ2v) is 7.90. The van der Waals surface area contributed by atoms with Crippen LogP contribution >= 0.6 is 24.0 Å². The maximum absolute atomic E-state index is 10.5. The molecule has 5 nitrogen and oxygen atoms in total. The zero-order chi connectivity index (χ0) is 15.8. The Balaban J connectivity index is 0.00000192. The zero-order valence-corrected chi connectivity index (χ0v) is 16.9. The molecular weight excluding hydrogens is 405 g/mol. The van der Waals surface area contributed by atoms with Gasteiger partial charge < -0.3 is 20.5 Å². The minimum absolute atomic E-state index is 0. The van der Waals surface area contributed by atoms with Crippen molar-refractivity contribution in [2.75, 3.05) is 20.2 Å². The molecule has 1 aliphatic heterocycles. The second kappa shape index (κ2) is 7.44. The maximum Gasteiger partial charge on any atom is 0.191 e. The van der Waals surface area contributed by atoms with Crippen molar-refractivity contribution < 1.29 is 9.84 Å². The fourth-order valence-electron chi connectivity index (χ4n) is 4.62. The van der Waals surface area contributed by atoms with E-state index in [0.29, 0.717) is 24.6 Å². The molecule has 0 spiro atoms. The SMILES string of the molecule is CN=C(NCC1(O)CCCC1)NC1C2CCCOC2C1(C)C.I. The first kappa shape index (κ1) is 19.2. The van der Waals surface area contributed by atoms with E-state index in [0.717, 1.165) is 44.7 Å². The highest BCUT2D eigenvalue weighted by Gasteiger charge is 2.58. The Morgan fingerprint density at radius 1 is 1.26 bits per heavy atom. The van der Waals surface area contributed by atoms with Gasteiger partial charge in [-0.3, -0.25) is 4.99 Å². The Labute approximate surface area is 157 Å². The van der Waals surface area contributed by atoms with Gasteiger partial charge in [0.15, 0.2) is 5.96 Å². The standard InChI is InChI=1S/C17H31N3O2.HI/c1-16(2)13(12-7-6-10-22-14(12)16)20-15(18-3)19-11-17(21)8-4-5-9-17;/h12-14,21H,4-11H2,1-3H3,(H2,18,19,20);1H. The van der Waals surface area contributed by atoms with Gasteiger partial charge in [0.05, 0.1) is 11.7 Å². The van der Waals surface area contributed by atoms with Crippen molar-refractivity contribution in [3.05, 3.63) is 0 Å². The highest BCUT2D eigenvalue weighted by molar-refractivity contribution is 14.0. The Hall–Kier alpha value is -0.0800. The number of hydrogen-bond acceptors (Lipinski definition) is 3. The van der Waals surface area contributed by atoms with Crippen molar-refractivity contribution in [2.45, 2.75) is 70.1 Å². The Kier molecular flexibility index (Phi) is 6.22. The molecule has 134 valence electrons. The number of nitrogens with zero attached hydrogens (tertiary/aromatic N) is 1. The van der Waals surface area contributed by atoms with Crippen molar-refractivity contribution in [3.63, 3.8) is 0 Å². The molecule has 2 aliphatic carbocycles. The topological polar surface area (TPSA) is 65.9 Å². The molecule has 6 heteroatoms. The molecule has 3 unspecified atom stereocenters. The molecule has 3 fully saturated rings. The van der Waals surface area contributed by atoms with Gasteiger partial charge in [0, 0.05) is 37.6 Å². The molecule has 0 radical (unpaired) electrons. The number of ether oxygens (including phenoxy) is 1. The molecule has 23 heavy (non-hydrogen) atoms. The molecular formula is C17H32IN3O2. The van der Waals surface area contributed by atoms with Gasteiger partial charge in [0.2, 0.25) is 0 Å². The first-order valence-electron chi connectivity index (χ1n) is 8.77. The molecule has 0 aromatic rings. The highest BCUT2D eigenvalue weighted by atomic mass is 127. The van der Waals surface area contributed by atoms with Crippen LogP contribution in [0.25, 0.3) is 0 Å². The Morgan fingerprint density at radius 3 is 2.61 bits per heavy atom. The molecule has 0 bridgehead atoms. The molecule has 3 aliphatic rings. The van der Waals surface area contributed by atoms with E-state index in [2.05, 4.69) is 29.5 Å². The number of aliphatic hydroxyl groups is 1. The van der Waals surface area contributed by atoms with Gasteiger partial charge in [-0.2, -0.15) is 0 Å². The summed E-state index contributed by atoms with van der Waals surface area (Å²) in [4.78, 5) is 4.35. The van der Waals surface area contributed by atoms with Gasteiger partial charge in [-0.15, -0.1) is 24.0 Å². The predicted molar refractivity (Wildman–Crippen MR) is 103 cm³/mol. The molecule has 3 N–H and O–H groups in total. The summed E-state index contributed by atoms with van der Waals surface area (Å²) in [5, 5.41) is 17.4. The lowest BCUT2D eigenvalue weighted by Gasteiger charge is -2.60. The summed E-state index contributed by atoms with van der Waals surface area (Å²) in [6, 6.07) is 0.391. The van der Waals surface area contributed by atoms with E-state index in [1.807, 2.05) is 0 Å². The lowest BCUT2D eigenvalue weighted by molar-refractivity contribution is -0.188. The molecule has 0 aromatic carbocycles. The molecule has 0 amide bonds. The van der Waals surface area contributed by atoms with E-state index in [1.165, 1.54) is 6.42 Å². The van der Waals surface area contributed by atoms with E-state index in [4.69, 9.17) is 4.74 Å². The first-order valence-corrected chi connectivity index (χ1v) is 8.77. The van der Waals surface area contributed by atoms with E-state index in [9.17, 15) is 5.11 Å². The lowest BCUT2D eigenvalue weighted by atomic mass is 9.55. The van der Waals surface area contributed by atoms with Crippen LogP contribution in [0.4, 0.5) is 0 Å². The third-order valence-corrected chi connectivity index (χ3v) is 5.97. The molecule has 3 atom stereocenters. The molecule has 1 heterocycles. The van der Waals surface area contributed by atoms with Crippen LogP contribution in [0.1, 0.15) is 52.4 Å². The second-order valence-electron chi connectivity index (χ2n) is 7.90. The smallest absolute Gasteiger partial charge is 0.191 e. The fourth-order valence-corrected chi connectivity index (χ4v) is 4.62. The van der Waals surface area contributed by atoms with Crippen LogP contribution in [-0.2, 0) is 4.74 Å². The molecule has 0 aromatic heterocycles.